The van der Waals surface area contributed by atoms with E-state index in [0.29, 0.717) is 12.3 Å². The van der Waals surface area contributed by atoms with Crippen LogP contribution in [0.4, 0.5) is 0 Å². The smallest absolute Gasteiger partial charge is 0.246 e. The summed E-state index contributed by atoms with van der Waals surface area (Å²) < 4.78 is 10.3. The highest BCUT2D eigenvalue weighted by molar-refractivity contribution is 8.04. The number of amides is 1. The second-order valence-electron chi connectivity index (χ2n) is 8.70. The van der Waals surface area contributed by atoms with Crippen LogP contribution in [0, 0.1) is 11.8 Å². The number of carbonyl (C=O) groups is 4. The Balaban J connectivity index is 2.49. The molecular weight excluding hydrogens is 487 g/mol. The minimum absolute atomic E-state index is 0.0483. The number of carbonyl (C=O) groups excluding carboxylic acids is 4. The summed E-state index contributed by atoms with van der Waals surface area (Å²) in [5, 5.41) is 6.14. The normalized spacial score (nSPS) is 21.3. The zero-order valence-electron chi connectivity index (χ0n) is 21.6. The van der Waals surface area contributed by atoms with E-state index >= 15 is 0 Å². The summed E-state index contributed by atoms with van der Waals surface area (Å²) in [5.41, 5.74) is 0.0914. The van der Waals surface area contributed by atoms with Crippen LogP contribution >= 0.6 is 23.5 Å². The minimum Gasteiger partial charge on any atom is -0.371 e. The lowest BCUT2D eigenvalue weighted by Crippen LogP contribution is -2.59. The van der Waals surface area contributed by atoms with Gasteiger partial charge in [-0.15, -0.1) is 0 Å². The number of thioether (sulfide) groups is 2. The van der Waals surface area contributed by atoms with Gasteiger partial charge in [0.05, 0.1) is 18.9 Å². The summed E-state index contributed by atoms with van der Waals surface area (Å²) in [6.07, 6.45) is 3.96. The number of ether oxygens (including phenoxy) is 2. The van der Waals surface area contributed by atoms with Crippen molar-refractivity contribution in [3.8, 4) is 0 Å². The maximum absolute atomic E-state index is 13.0. The molecule has 1 radical (unpaired) electrons. The molecule has 4 atom stereocenters. The molecule has 35 heavy (non-hydrogen) atoms. The summed E-state index contributed by atoms with van der Waals surface area (Å²) in [5.74, 6) is 0.838. The van der Waals surface area contributed by atoms with Crippen LogP contribution in [0.1, 0.15) is 40.0 Å². The SMILES string of the molecule is CCCCC[B]C(=O)C1C(SCCNC(=O)COCCOCC(C)=O)C(SCCNC)C1C(C)=O. The number of rotatable bonds is 22. The van der Waals surface area contributed by atoms with Gasteiger partial charge in [-0.25, -0.2) is 0 Å². The van der Waals surface area contributed by atoms with Gasteiger partial charge in [0.15, 0.2) is 5.78 Å². The van der Waals surface area contributed by atoms with E-state index in [1.54, 1.807) is 37.7 Å². The molecule has 0 saturated heterocycles. The third-order valence-electron chi connectivity index (χ3n) is 5.68. The molecule has 0 aliphatic heterocycles. The van der Waals surface area contributed by atoms with Crippen molar-refractivity contribution in [2.75, 3.05) is 58.1 Å². The molecule has 11 heteroatoms. The molecule has 1 aliphatic carbocycles. The van der Waals surface area contributed by atoms with Crippen LogP contribution in [0.25, 0.3) is 0 Å². The minimum atomic E-state index is -0.278. The van der Waals surface area contributed by atoms with Crippen molar-refractivity contribution in [1.29, 1.82) is 0 Å². The van der Waals surface area contributed by atoms with Gasteiger partial charge in [0.25, 0.3) is 0 Å². The van der Waals surface area contributed by atoms with Crippen LogP contribution in [-0.4, -0.2) is 99.0 Å². The molecule has 0 spiro atoms. The molecular formula is C24H42BN2O6S2. The fourth-order valence-electron chi connectivity index (χ4n) is 3.90. The highest BCUT2D eigenvalue weighted by Gasteiger charge is 2.55. The Morgan fingerprint density at radius 1 is 0.886 bits per heavy atom. The molecule has 1 aliphatic rings. The van der Waals surface area contributed by atoms with Gasteiger partial charge in [0.1, 0.15) is 19.0 Å². The predicted octanol–water partition coefficient (Wildman–Crippen LogP) is 1.82. The number of nitrogens with one attached hydrogen (secondary N) is 2. The summed E-state index contributed by atoms with van der Waals surface area (Å²) in [7, 11) is 3.69. The molecule has 4 unspecified atom stereocenters. The fraction of sp³-hybridized carbons (Fsp3) is 0.833. The van der Waals surface area contributed by atoms with E-state index in [9.17, 15) is 19.2 Å². The predicted molar refractivity (Wildman–Crippen MR) is 145 cm³/mol. The molecule has 199 valence electrons. The van der Waals surface area contributed by atoms with Crippen LogP contribution in [0.15, 0.2) is 0 Å². The highest BCUT2D eigenvalue weighted by Crippen LogP contribution is 2.50. The number of ketones is 2. The maximum Gasteiger partial charge on any atom is 0.246 e. The lowest BCUT2D eigenvalue weighted by Gasteiger charge is -2.50. The number of hydrogen-bond donors (Lipinski definition) is 2. The Morgan fingerprint density at radius 3 is 2.11 bits per heavy atom. The van der Waals surface area contributed by atoms with E-state index < -0.39 is 0 Å². The van der Waals surface area contributed by atoms with Crippen molar-refractivity contribution >= 4 is 54.0 Å². The standard InChI is InChI=1S/C24H42BN2O6S2/c1-5-6-7-8-25-24(31)21-20(18(3)29)22(34-13-9-26-4)23(21)35-14-10-27-19(30)16-33-12-11-32-15-17(2)28/h20-23,26H,5-16H2,1-4H3,(H,27,30). The van der Waals surface area contributed by atoms with E-state index in [0.717, 1.165) is 37.9 Å². The summed E-state index contributed by atoms with van der Waals surface area (Å²) >= 11 is 3.43. The summed E-state index contributed by atoms with van der Waals surface area (Å²) in [4.78, 5) is 48.2. The highest BCUT2D eigenvalue weighted by atomic mass is 32.2. The van der Waals surface area contributed by atoms with E-state index in [1.165, 1.54) is 6.92 Å². The van der Waals surface area contributed by atoms with E-state index in [-0.39, 0.29) is 71.9 Å². The van der Waals surface area contributed by atoms with Crippen LogP contribution in [0.2, 0.25) is 6.32 Å². The second-order valence-corrected chi connectivity index (χ2v) is 11.3. The zero-order chi connectivity index (χ0) is 26.1. The molecule has 0 aromatic rings. The van der Waals surface area contributed by atoms with Gasteiger partial charge in [0.2, 0.25) is 13.2 Å². The third-order valence-corrected chi connectivity index (χ3v) is 8.67. The first kappa shape index (κ1) is 32.2. The Morgan fingerprint density at radius 2 is 1.51 bits per heavy atom. The Hall–Kier alpha value is -0.875. The van der Waals surface area contributed by atoms with Gasteiger partial charge in [0, 0.05) is 46.9 Å². The van der Waals surface area contributed by atoms with Crippen LogP contribution < -0.4 is 10.6 Å². The zero-order valence-corrected chi connectivity index (χ0v) is 23.3. The number of hydrogen-bond acceptors (Lipinski definition) is 9. The largest absolute Gasteiger partial charge is 0.371 e. The molecule has 1 amide bonds. The van der Waals surface area contributed by atoms with Crippen molar-refractivity contribution in [3.63, 3.8) is 0 Å². The van der Waals surface area contributed by atoms with E-state index in [1.807, 2.05) is 7.05 Å². The average molecular weight is 530 g/mol. The molecule has 0 aromatic heterocycles. The molecule has 1 fully saturated rings. The van der Waals surface area contributed by atoms with Gasteiger partial charge in [-0.05, 0) is 20.9 Å². The van der Waals surface area contributed by atoms with Gasteiger partial charge in [-0.3, -0.25) is 14.4 Å². The Labute approximate surface area is 219 Å². The Kier molecular flexibility index (Phi) is 17.7. The van der Waals surface area contributed by atoms with Crippen molar-refractivity contribution in [2.45, 2.75) is 56.9 Å². The van der Waals surface area contributed by atoms with Crippen molar-refractivity contribution in [3.05, 3.63) is 0 Å². The monoisotopic (exact) mass is 529 g/mol. The first-order valence-electron chi connectivity index (χ1n) is 12.5. The van der Waals surface area contributed by atoms with Crippen LogP contribution in [0.3, 0.4) is 0 Å². The molecule has 1 saturated carbocycles. The summed E-state index contributed by atoms with van der Waals surface area (Å²) in [6, 6.07) is 0. The topological polar surface area (TPSA) is 111 Å². The van der Waals surface area contributed by atoms with Crippen LogP contribution in [-0.2, 0) is 28.7 Å². The molecule has 8 nitrogen and oxygen atoms in total. The first-order valence-corrected chi connectivity index (χ1v) is 14.6. The molecule has 0 bridgehead atoms. The first-order chi connectivity index (χ1) is 16.8. The fourth-order valence-corrected chi connectivity index (χ4v) is 7.25. The quantitative estimate of drug-likeness (QED) is 0.160. The lowest BCUT2D eigenvalue weighted by atomic mass is 9.55. The average Bonchev–Trinajstić information content (AvgIpc) is 2.79. The number of unbranched alkanes of at least 4 members (excludes halogenated alkanes) is 2. The van der Waals surface area contributed by atoms with Crippen molar-refractivity contribution in [2.24, 2.45) is 11.8 Å². The van der Waals surface area contributed by atoms with Crippen LogP contribution in [0.5, 0.6) is 0 Å². The molecule has 2 N–H and O–H groups in total. The van der Waals surface area contributed by atoms with Crippen molar-refractivity contribution < 1.29 is 28.7 Å². The van der Waals surface area contributed by atoms with Gasteiger partial charge >= 0.3 is 0 Å². The van der Waals surface area contributed by atoms with E-state index in [2.05, 4.69) is 17.6 Å². The summed E-state index contributed by atoms with van der Waals surface area (Å²) in [6.45, 7) is 6.98. The lowest BCUT2D eigenvalue weighted by molar-refractivity contribution is -0.131. The van der Waals surface area contributed by atoms with Gasteiger partial charge in [-0.1, -0.05) is 32.5 Å². The van der Waals surface area contributed by atoms with Gasteiger partial charge in [-0.2, -0.15) is 23.5 Å². The third kappa shape index (κ3) is 12.8. The Bertz CT molecular complexity index is 670. The number of Topliss-reactive ketones (excluding diaryl/α,β-unsaturated/α-hetero) is 2. The molecule has 0 heterocycles. The molecule has 0 aromatic carbocycles. The molecule has 1 rings (SSSR count). The maximum atomic E-state index is 13.0. The van der Waals surface area contributed by atoms with Gasteiger partial charge < -0.3 is 24.9 Å². The van der Waals surface area contributed by atoms with Crippen molar-refractivity contribution in [1.82, 2.24) is 10.6 Å². The van der Waals surface area contributed by atoms with E-state index in [4.69, 9.17) is 9.47 Å². The second kappa shape index (κ2) is 19.3.